The van der Waals surface area contributed by atoms with Crippen LogP contribution in [-0.4, -0.2) is 54.2 Å². The molecule has 138 valence electrons. The van der Waals surface area contributed by atoms with Crippen molar-refractivity contribution in [2.45, 2.75) is 26.7 Å². The zero-order valence-electron chi connectivity index (χ0n) is 15.5. The number of rotatable bonds is 3. The smallest absolute Gasteiger partial charge is 0.227 e. The second-order valence-electron chi connectivity index (χ2n) is 7.13. The Hall–Kier alpha value is -1.89. The predicted molar refractivity (Wildman–Crippen MR) is 109 cm³/mol. The molecule has 2 aromatic heterocycles. The third kappa shape index (κ3) is 3.63. The first kappa shape index (κ1) is 17.5. The Balaban J connectivity index is 1.47. The van der Waals surface area contributed by atoms with Gasteiger partial charge in [0.2, 0.25) is 5.95 Å². The molecule has 7 heteroatoms. The highest BCUT2D eigenvalue weighted by Crippen LogP contribution is 2.25. The van der Waals surface area contributed by atoms with E-state index in [0.29, 0.717) is 0 Å². The van der Waals surface area contributed by atoms with Crippen molar-refractivity contribution in [1.82, 2.24) is 15.0 Å². The molecule has 6 nitrogen and oxygen atoms in total. The predicted octanol–water partition coefficient (Wildman–Crippen LogP) is 3.18. The molecule has 0 N–H and O–H groups in total. The first-order valence-corrected chi connectivity index (χ1v) is 10.1. The van der Waals surface area contributed by atoms with Crippen LogP contribution >= 0.6 is 15.9 Å². The van der Waals surface area contributed by atoms with Crippen molar-refractivity contribution in [3.63, 3.8) is 0 Å². The van der Waals surface area contributed by atoms with E-state index in [2.05, 4.69) is 61.6 Å². The minimum atomic E-state index is 0.868. The van der Waals surface area contributed by atoms with Gasteiger partial charge in [0.1, 0.15) is 11.6 Å². The lowest BCUT2D eigenvalue weighted by Crippen LogP contribution is -2.47. The van der Waals surface area contributed by atoms with Crippen LogP contribution < -0.4 is 14.7 Å². The average Bonchev–Trinajstić information content (AvgIpc) is 3.16. The maximum atomic E-state index is 4.87. The summed E-state index contributed by atoms with van der Waals surface area (Å²) in [6.45, 7) is 10.1. The maximum Gasteiger partial charge on any atom is 0.227 e. The SMILES string of the molecule is Cc1cc(N2CCCC2)nc(N2CCN(c3ncc(Br)cc3C)CC2)n1. The van der Waals surface area contributed by atoms with Gasteiger partial charge in [-0.1, -0.05) is 0 Å². The highest BCUT2D eigenvalue weighted by molar-refractivity contribution is 9.10. The van der Waals surface area contributed by atoms with Gasteiger partial charge in [-0.15, -0.1) is 0 Å². The van der Waals surface area contributed by atoms with Gasteiger partial charge in [0.25, 0.3) is 0 Å². The minimum Gasteiger partial charge on any atom is -0.356 e. The quantitative estimate of drug-likeness (QED) is 0.765. The van der Waals surface area contributed by atoms with Crippen molar-refractivity contribution >= 4 is 33.5 Å². The first-order chi connectivity index (χ1) is 12.6. The molecule has 0 radical (unpaired) electrons. The van der Waals surface area contributed by atoms with E-state index in [1.165, 1.54) is 18.4 Å². The fraction of sp³-hybridized carbons (Fsp3) is 0.526. The van der Waals surface area contributed by atoms with Crippen molar-refractivity contribution in [2.24, 2.45) is 0 Å². The van der Waals surface area contributed by atoms with Crippen molar-refractivity contribution in [1.29, 1.82) is 0 Å². The Morgan fingerprint density at radius 3 is 2.23 bits per heavy atom. The molecular weight excluding hydrogens is 392 g/mol. The summed E-state index contributed by atoms with van der Waals surface area (Å²) in [5.74, 6) is 3.03. The highest BCUT2D eigenvalue weighted by atomic mass is 79.9. The number of halogens is 1. The number of hydrogen-bond acceptors (Lipinski definition) is 6. The van der Waals surface area contributed by atoms with E-state index in [1.807, 2.05) is 6.20 Å². The summed E-state index contributed by atoms with van der Waals surface area (Å²) in [4.78, 5) is 21.2. The molecule has 2 aliphatic rings. The second-order valence-corrected chi connectivity index (χ2v) is 8.05. The summed E-state index contributed by atoms with van der Waals surface area (Å²) in [5.41, 5.74) is 2.25. The van der Waals surface area contributed by atoms with Crippen LogP contribution in [0.15, 0.2) is 22.8 Å². The van der Waals surface area contributed by atoms with Gasteiger partial charge in [-0.25, -0.2) is 9.97 Å². The first-order valence-electron chi connectivity index (χ1n) is 9.33. The fourth-order valence-electron chi connectivity index (χ4n) is 3.77. The van der Waals surface area contributed by atoms with E-state index >= 15 is 0 Å². The van der Waals surface area contributed by atoms with Gasteiger partial charge in [-0.3, -0.25) is 0 Å². The summed E-state index contributed by atoms with van der Waals surface area (Å²) in [6.07, 6.45) is 4.40. The van der Waals surface area contributed by atoms with Gasteiger partial charge in [-0.2, -0.15) is 4.98 Å². The summed E-state index contributed by atoms with van der Waals surface area (Å²) in [5, 5.41) is 0. The number of piperazine rings is 1. The normalized spacial score (nSPS) is 17.9. The van der Waals surface area contributed by atoms with E-state index in [-0.39, 0.29) is 0 Å². The van der Waals surface area contributed by atoms with Gasteiger partial charge in [0.05, 0.1) is 0 Å². The van der Waals surface area contributed by atoms with Crippen molar-refractivity contribution in [3.8, 4) is 0 Å². The van der Waals surface area contributed by atoms with Crippen molar-refractivity contribution < 1.29 is 0 Å². The molecule has 0 saturated carbocycles. The topological polar surface area (TPSA) is 48.4 Å². The molecule has 2 aromatic rings. The number of anilines is 3. The number of nitrogens with zero attached hydrogens (tertiary/aromatic N) is 6. The fourth-order valence-corrected chi connectivity index (χ4v) is 4.21. The Labute approximate surface area is 163 Å². The Kier molecular flexibility index (Phi) is 4.98. The van der Waals surface area contributed by atoms with E-state index in [9.17, 15) is 0 Å². The van der Waals surface area contributed by atoms with Crippen LogP contribution in [-0.2, 0) is 0 Å². The molecule has 0 unspecified atom stereocenters. The third-order valence-electron chi connectivity index (χ3n) is 5.14. The van der Waals surface area contributed by atoms with Crippen LogP contribution in [0.2, 0.25) is 0 Å². The van der Waals surface area contributed by atoms with Crippen LogP contribution in [0.5, 0.6) is 0 Å². The number of pyridine rings is 1. The Morgan fingerprint density at radius 1 is 0.846 bits per heavy atom. The lowest BCUT2D eigenvalue weighted by molar-refractivity contribution is 0.632. The van der Waals surface area contributed by atoms with Gasteiger partial charge in [-0.05, 0) is 54.2 Å². The highest BCUT2D eigenvalue weighted by Gasteiger charge is 2.23. The summed E-state index contributed by atoms with van der Waals surface area (Å²) >= 11 is 3.49. The van der Waals surface area contributed by atoms with E-state index in [4.69, 9.17) is 9.97 Å². The summed E-state index contributed by atoms with van der Waals surface area (Å²) in [7, 11) is 0. The molecule has 2 saturated heterocycles. The Morgan fingerprint density at radius 2 is 1.54 bits per heavy atom. The molecule has 26 heavy (non-hydrogen) atoms. The van der Waals surface area contributed by atoms with Gasteiger partial charge in [0.15, 0.2) is 0 Å². The number of aromatic nitrogens is 3. The molecule has 2 fully saturated rings. The van der Waals surface area contributed by atoms with Crippen LogP contribution in [0.4, 0.5) is 17.6 Å². The van der Waals surface area contributed by atoms with Crippen LogP contribution in [0.25, 0.3) is 0 Å². The number of hydrogen-bond donors (Lipinski definition) is 0. The molecule has 2 aliphatic heterocycles. The monoisotopic (exact) mass is 416 g/mol. The van der Waals surface area contributed by atoms with E-state index in [1.54, 1.807) is 0 Å². The van der Waals surface area contributed by atoms with E-state index in [0.717, 1.165) is 67.0 Å². The Bertz CT molecular complexity index is 782. The number of aryl methyl sites for hydroxylation is 2. The molecule has 0 aromatic carbocycles. The van der Waals surface area contributed by atoms with Gasteiger partial charge in [0, 0.05) is 61.7 Å². The molecular formula is C19H25BrN6. The molecule has 0 amide bonds. The maximum absolute atomic E-state index is 4.87. The lowest BCUT2D eigenvalue weighted by Gasteiger charge is -2.36. The zero-order chi connectivity index (χ0) is 18.1. The average molecular weight is 417 g/mol. The summed E-state index contributed by atoms with van der Waals surface area (Å²) < 4.78 is 1.03. The second kappa shape index (κ2) is 7.39. The molecule has 0 spiro atoms. The standard InChI is InChI=1S/C19H25BrN6/c1-14-11-16(20)13-21-18(14)25-7-9-26(10-8-25)19-22-15(2)12-17(23-19)24-5-3-4-6-24/h11-13H,3-10H2,1-2H3. The zero-order valence-corrected chi connectivity index (χ0v) is 17.0. The van der Waals surface area contributed by atoms with E-state index < -0.39 is 0 Å². The lowest BCUT2D eigenvalue weighted by atomic mass is 10.2. The van der Waals surface area contributed by atoms with Gasteiger partial charge >= 0.3 is 0 Å². The molecule has 0 aliphatic carbocycles. The molecule has 0 bridgehead atoms. The third-order valence-corrected chi connectivity index (χ3v) is 5.57. The molecule has 4 rings (SSSR count). The largest absolute Gasteiger partial charge is 0.356 e. The molecule has 0 atom stereocenters. The summed E-state index contributed by atoms with van der Waals surface area (Å²) in [6, 6.07) is 4.24. The van der Waals surface area contributed by atoms with Gasteiger partial charge < -0.3 is 14.7 Å². The van der Waals surface area contributed by atoms with Crippen molar-refractivity contribution in [2.75, 3.05) is 54.0 Å². The van der Waals surface area contributed by atoms with Crippen LogP contribution in [0.1, 0.15) is 24.1 Å². The minimum absolute atomic E-state index is 0.868. The van der Waals surface area contributed by atoms with Crippen LogP contribution in [0, 0.1) is 13.8 Å². The van der Waals surface area contributed by atoms with Crippen LogP contribution in [0.3, 0.4) is 0 Å². The van der Waals surface area contributed by atoms with Crippen molar-refractivity contribution in [3.05, 3.63) is 34.1 Å². The molecule has 4 heterocycles.